The molecule has 8 amide bonds. The molecule has 0 spiro atoms. The van der Waals surface area contributed by atoms with Crippen molar-refractivity contribution in [2.75, 3.05) is 92.2 Å². The Bertz CT molecular complexity index is 2010. The molecule has 0 aromatic heterocycles. The van der Waals surface area contributed by atoms with Crippen molar-refractivity contribution in [3.8, 4) is 35.2 Å². The largest absolute Gasteiger partial charge is 0.484 e. The summed E-state index contributed by atoms with van der Waals surface area (Å²) < 4.78 is 32.6. The zero-order valence-corrected chi connectivity index (χ0v) is 40.4. The van der Waals surface area contributed by atoms with Crippen molar-refractivity contribution in [2.24, 2.45) is 0 Å². The summed E-state index contributed by atoms with van der Waals surface area (Å²) in [5.41, 5.74) is 0. The number of carbonyl (C=O) groups is 8. The molecule has 0 saturated carbocycles. The Balaban J connectivity index is 1.35. The maximum atomic E-state index is 13.7. The number of hydrogen-bond donors (Lipinski definition) is 8. The van der Waals surface area contributed by atoms with Gasteiger partial charge >= 0.3 is 0 Å². The normalized spacial score (nSPS) is 20.0. The Kier molecular flexibility index (Phi) is 27.8. The Hall–Kier alpha value is -7.24. The van der Waals surface area contributed by atoms with Crippen molar-refractivity contribution < 1.29 is 66.8 Å². The van der Waals surface area contributed by atoms with Crippen molar-refractivity contribution in [1.82, 2.24) is 42.5 Å². The van der Waals surface area contributed by atoms with Gasteiger partial charge in [0, 0.05) is 39.0 Å². The van der Waals surface area contributed by atoms with E-state index in [1.807, 2.05) is 12.1 Å². The highest BCUT2D eigenvalue weighted by Crippen LogP contribution is 2.10. The van der Waals surface area contributed by atoms with E-state index in [0.717, 1.165) is 0 Å². The number of benzene rings is 2. The number of nitrogens with one attached hydrogen (secondary N) is 8. The van der Waals surface area contributed by atoms with Crippen molar-refractivity contribution in [3.63, 3.8) is 0 Å². The smallest absolute Gasteiger partial charge is 0.257 e. The van der Waals surface area contributed by atoms with Crippen molar-refractivity contribution >= 4 is 47.3 Å². The van der Waals surface area contributed by atoms with Crippen LogP contribution in [0.1, 0.15) is 51.4 Å². The van der Waals surface area contributed by atoms with Gasteiger partial charge in [0.15, 0.2) is 13.2 Å². The number of ether oxygens (including phenoxy) is 6. The summed E-state index contributed by atoms with van der Waals surface area (Å²) in [7, 11) is 0. The third-order valence-electron chi connectivity index (χ3n) is 10.4. The summed E-state index contributed by atoms with van der Waals surface area (Å²) in [4.78, 5) is 104. The second-order valence-electron chi connectivity index (χ2n) is 16.2. The first-order valence-electron chi connectivity index (χ1n) is 24.0. The zero-order valence-electron chi connectivity index (χ0n) is 40.4. The third kappa shape index (κ3) is 25.0. The lowest BCUT2D eigenvalue weighted by Gasteiger charge is -2.22. The van der Waals surface area contributed by atoms with Crippen molar-refractivity contribution in [1.29, 1.82) is 0 Å². The van der Waals surface area contributed by atoms with Crippen LogP contribution in [0.25, 0.3) is 0 Å². The van der Waals surface area contributed by atoms with Crippen LogP contribution in [0.3, 0.4) is 0 Å². The fraction of sp³-hybridized carbons (Fsp3) is 0.520. The average molecular weight is 1000 g/mol. The molecule has 0 aliphatic carbocycles. The molecule has 2 aromatic carbocycles. The van der Waals surface area contributed by atoms with Gasteiger partial charge in [0.1, 0.15) is 48.9 Å². The highest BCUT2D eigenvalue weighted by Gasteiger charge is 2.28. The maximum Gasteiger partial charge on any atom is 0.257 e. The number of para-hydroxylation sites is 2. The Morgan fingerprint density at radius 2 is 0.903 bits per heavy atom. The highest BCUT2D eigenvalue weighted by molar-refractivity contribution is 5.93. The molecule has 0 radical (unpaired) electrons. The molecule has 4 atom stereocenters. The molecule has 2 aliphatic heterocycles. The molecule has 72 heavy (non-hydrogen) atoms. The van der Waals surface area contributed by atoms with Gasteiger partial charge in [-0.3, -0.25) is 38.4 Å². The molecular weight excluding hydrogens is 937 g/mol. The minimum atomic E-state index is -1.17. The van der Waals surface area contributed by atoms with Gasteiger partial charge < -0.3 is 71.0 Å². The van der Waals surface area contributed by atoms with E-state index in [2.05, 4.69) is 66.2 Å². The number of rotatable bonds is 18. The second kappa shape index (κ2) is 35.0. The average Bonchev–Trinajstić information content (AvgIpc) is 3.38. The molecule has 390 valence electrons. The van der Waals surface area contributed by atoms with Crippen LogP contribution in [0.4, 0.5) is 0 Å². The number of unbranched alkanes of at least 4 members (excludes halogenated alkanes) is 2. The quantitative estimate of drug-likeness (QED) is 0.0642. The van der Waals surface area contributed by atoms with E-state index < -0.39 is 59.6 Å². The maximum absolute atomic E-state index is 13.7. The van der Waals surface area contributed by atoms with Crippen LogP contribution < -0.4 is 52.0 Å². The molecule has 2 saturated heterocycles. The van der Waals surface area contributed by atoms with Crippen LogP contribution in [0, 0.1) is 23.7 Å². The summed E-state index contributed by atoms with van der Waals surface area (Å²) in [6, 6.07) is 13.3. The Labute approximate surface area is 419 Å². The standard InChI is InChI=1S/C50H66N8O14/c59-43(35-71-37-15-5-3-6-16-37)51-23-13-11-21-41-49(65)57-39(47(63)53-25-27-67-29-31-69-33-45(61)55-41)19-9-1-2-10-20-40-48(64)54-26-28-68-30-32-70-34-46(62)56-42(50(66)58-40)22-12-14-24-52-44(60)36-72-38-17-7-4-8-18-38/h3-8,15-18,39-42H,11-14,19-36H2,(H,51,59)(H,52,60)(H,53,63)(H,54,64)(H,55,61)(H,56,62)(H,57,65)(H,58,66). The monoisotopic (exact) mass is 1000 g/mol. The highest BCUT2D eigenvalue weighted by atomic mass is 16.5. The molecule has 4 unspecified atom stereocenters. The number of carbonyl (C=O) groups excluding carboxylic acids is 8. The molecule has 4 rings (SSSR count). The molecule has 0 bridgehead atoms. The first-order chi connectivity index (χ1) is 35.1. The number of amides is 8. The van der Waals surface area contributed by atoms with Gasteiger partial charge in [-0.2, -0.15) is 0 Å². The van der Waals surface area contributed by atoms with E-state index in [-0.39, 0.29) is 117 Å². The van der Waals surface area contributed by atoms with Gasteiger partial charge in [-0.25, -0.2) is 0 Å². The minimum absolute atomic E-state index is 0.114. The fourth-order valence-corrected chi connectivity index (χ4v) is 6.71. The molecule has 22 nitrogen and oxygen atoms in total. The second-order valence-corrected chi connectivity index (χ2v) is 16.2. The molecule has 8 N–H and O–H groups in total. The minimum Gasteiger partial charge on any atom is -0.484 e. The van der Waals surface area contributed by atoms with Gasteiger partial charge in [-0.05, 0) is 74.6 Å². The van der Waals surface area contributed by atoms with Crippen LogP contribution in [0.5, 0.6) is 11.5 Å². The fourth-order valence-electron chi connectivity index (χ4n) is 6.71. The van der Waals surface area contributed by atoms with E-state index in [9.17, 15) is 38.4 Å². The van der Waals surface area contributed by atoms with Crippen molar-refractivity contribution in [2.45, 2.75) is 75.5 Å². The van der Waals surface area contributed by atoms with E-state index in [0.29, 0.717) is 50.3 Å². The van der Waals surface area contributed by atoms with Gasteiger partial charge in [0.05, 0.1) is 39.6 Å². The lowest BCUT2D eigenvalue weighted by atomic mass is 10.1. The molecule has 2 aromatic rings. The SMILES string of the molecule is O=C(COc1ccccc1)NCCCCC1NC(=O)COCCOCCNC(=O)C(CC#CC#CCC2NC(=O)C(CCCCNC(=O)COc3ccccc3)NC(=O)COCCOCCNC2=O)NC1=O. The molecule has 2 heterocycles. The first kappa shape index (κ1) is 57.3. The van der Waals surface area contributed by atoms with Crippen LogP contribution >= 0.6 is 0 Å². The summed E-state index contributed by atoms with van der Waals surface area (Å²) in [5.74, 6) is 7.82. The van der Waals surface area contributed by atoms with E-state index in [1.165, 1.54) is 0 Å². The third-order valence-corrected chi connectivity index (χ3v) is 10.4. The van der Waals surface area contributed by atoms with Gasteiger partial charge in [0.25, 0.3) is 11.8 Å². The summed E-state index contributed by atoms with van der Waals surface area (Å²) in [5, 5.41) is 21.7. The summed E-state index contributed by atoms with van der Waals surface area (Å²) in [6.07, 6.45) is 1.76. The van der Waals surface area contributed by atoms with Crippen LogP contribution in [0.2, 0.25) is 0 Å². The molecular formula is C50H66N8O14. The molecule has 2 fully saturated rings. The lowest BCUT2D eigenvalue weighted by Crippen LogP contribution is -2.54. The first-order valence-corrected chi connectivity index (χ1v) is 24.0. The topological polar surface area (TPSA) is 288 Å². The van der Waals surface area contributed by atoms with Gasteiger partial charge in [-0.1, -0.05) is 48.2 Å². The Morgan fingerprint density at radius 3 is 1.32 bits per heavy atom. The number of hydrogen-bond acceptors (Lipinski definition) is 14. The van der Waals surface area contributed by atoms with E-state index in [1.54, 1.807) is 48.5 Å². The van der Waals surface area contributed by atoms with Crippen LogP contribution in [-0.2, 0) is 57.3 Å². The molecule has 22 heteroatoms. The summed E-state index contributed by atoms with van der Waals surface area (Å²) >= 11 is 0. The van der Waals surface area contributed by atoms with E-state index >= 15 is 0 Å². The van der Waals surface area contributed by atoms with Crippen LogP contribution in [0.15, 0.2) is 60.7 Å². The van der Waals surface area contributed by atoms with Gasteiger partial charge in [-0.15, -0.1) is 0 Å². The molecule has 2 aliphatic rings. The predicted molar refractivity (Wildman–Crippen MR) is 259 cm³/mol. The Morgan fingerprint density at radius 1 is 0.500 bits per heavy atom. The van der Waals surface area contributed by atoms with Gasteiger partial charge in [0.2, 0.25) is 35.4 Å². The lowest BCUT2D eigenvalue weighted by molar-refractivity contribution is -0.133. The summed E-state index contributed by atoms with van der Waals surface area (Å²) in [6.45, 7) is 0.688. The van der Waals surface area contributed by atoms with Crippen LogP contribution in [-0.4, -0.2) is 164 Å². The van der Waals surface area contributed by atoms with E-state index in [4.69, 9.17) is 28.4 Å². The predicted octanol–water partition coefficient (Wildman–Crippen LogP) is -1.23. The van der Waals surface area contributed by atoms with Crippen molar-refractivity contribution in [3.05, 3.63) is 60.7 Å². The zero-order chi connectivity index (χ0) is 51.4.